The molecule has 14 heteroatoms. The highest BCUT2D eigenvalue weighted by Gasteiger charge is 2.44. The van der Waals surface area contributed by atoms with E-state index in [4.69, 9.17) is 34.9 Å². The van der Waals surface area contributed by atoms with Crippen LogP contribution in [0.2, 0.25) is 0 Å². The quantitative estimate of drug-likeness (QED) is 0.193. The third-order valence-corrected chi connectivity index (χ3v) is 6.80. The second kappa shape index (κ2) is 13.7. The first-order valence-electron chi connectivity index (χ1n) is 11.0. The Bertz CT molecular complexity index is 1140. The summed E-state index contributed by atoms with van der Waals surface area (Å²) in [5, 5.41) is 2.64. The van der Waals surface area contributed by atoms with Gasteiger partial charge >= 0.3 is 19.4 Å². The van der Waals surface area contributed by atoms with Gasteiger partial charge in [-0.05, 0) is 32.9 Å². The first kappa shape index (κ1) is 29.8. The van der Waals surface area contributed by atoms with Gasteiger partial charge in [-0.3, -0.25) is 18.9 Å². The molecule has 2 N–H and O–H groups in total. The predicted octanol–water partition coefficient (Wildman–Crippen LogP) is 2.44. The molecule has 36 heavy (non-hydrogen) atoms. The summed E-state index contributed by atoms with van der Waals surface area (Å²) in [5.74, 6) is -0.599. The van der Waals surface area contributed by atoms with Gasteiger partial charge in [0.1, 0.15) is 17.5 Å². The normalized spacial score (nSPS) is 16.4. The third kappa shape index (κ3) is 8.58. The number of methoxy groups -OCH3 is 1. The number of hydrogen-bond donors (Lipinski definition) is 2. The molecule has 0 bridgehead atoms. The topological polar surface area (TPSA) is 147 Å². The Balaban J connectivity index is 2.25. The molecule has 4 unspecified atom stereocenters. The maximum atomic E-state index is 13.8. The summed E-state index contributed by atoms with van der Waals surface area (Å²) in [6.45, 7) is 4.20. The smallest absolute Gasteiger partial charge is 0.459 e. The lowest BCUT2D eigenvalue weighted by atomic mass is 10.1. The molecule has 4 atom stereocenters. The van der Waals surface area contributed by atoms with Crippen LogP contribution in [0.4, 0.5) is 0 Å². The van der Waals surface area contributed by atoms with E-state index < -0.39 is 42.8 Å². The molecule has 0 aliphatic heterocycles. The number of aromatic amines is 1. The zero-order chi connectivity index (χ0) is 26.8. The van der Waals surface area contributed by atoms with E-state index in [2.05, 4.69) is 10.1 Å². The number of hydrogen-bond acceptors (Lipinski definition) is 9. The van der Waals surface area contributed by atoms with Crippen molar-refractivity contribution in [2.75, 3.05) is 32.8 Å². The van der Waals surface area contributed by atoms with Crippen molar-refractivity contribution < 1.29 is 32.6 Å². The lowest BCUT2D eigenvalue weighted by Crippen LogP contribution is -2.53. The molecule has 12 nitrogen and oxygen atoms in total. The molecule has 2 aromatic rings. The van der Waals surface area contributed by atoms with Gasteiger partial charge in [-0.25, -0.2) is 14.2 Å². The number of carbonyl (C=O) groups excluding carboxylic acids is 1. The molecule has 0 saturated carbocycles. The highest BCUT2D eigenvalue weighted by molar-refractivity contribution is 7.52. The number of nitrogens with zero attached hydrogens (tertiary/aromatic N) is 1. The van der Waals surface area contributed by atoms with Crippen molar-refractivity contribution in [2.24, 2.45) is 0 Å². The van der Waals surface area contributed by atoms with E-state index in [0.717, 1.165) is 4.57 Å². The Morgan fingerprint density at radius 1 is 1.25 bits per heavy atom. The molecule has 2 rings (SSSR count). The SMILES string of the molecule is CCOC(=O)C(C)(COC)NP(=O)(OCC(CCl)OC(C)n1ccc(=O)[nH]c1=O)Oc1ccccc1. The molecule has 0 spiro atoms. The zero-order valence-electron chi connectivity index (χ0n) is 20.5. The third-order valence-electron chi connectivity index (χ3n) is 4.75. The van der Waals surface area contributed by atoms with E-state index in [1.165, 1.54) is 26.3 Å². The van der Waals surface area contributed by atoms with Gasteiger partial charge in [0.2, 0.25) is 0 Å². The van der Waals surface area contributed by atoms with E-state index in [1.807, 2.05) is 0 Å². The summed E-state index contributed by atoms with van der Waals surface area (Å²) in [6.07, 6.45) is -0.424. The number of H-pyrrole nitrogens is 1. The lowest BCUT2D eigenvalue weighted by molar-refractivity contribution is -0.152. The van der Waals surface area contributed by atoms with Crippen molar-refractivity contribution in [1.29, 1.82) is 0 Å². The Kier molecular flexibility index (Phi) is 11.4. The number of nitrogens with one attached hydrogen (secondary N) is 2. The van der Waals surface area contributed by atoms with Crippen molar-refractivity contribution in [3.63, 3.8) is 0 Å². The number of carbonyl (C=O) groups is 1. The number of benzene rings is 1. The van der Waals surface area contributed by atoms with E-state index in [-0.39, 0.29) is 31.5 Å². The molecule has 0 amide bonds. The van der Waals surface area contributed by atoms with Crippen LogP contribution in [0, 0.1) is 0 Å². The average molecular weight is 548 g/mol. The highest BCUT2D eigenvalue weighted by Crippen LogP contribution is 2.46. The number of esters is 1. The number of halogens is 1. The predicted molar refractivity (Wildman–Crippen MR) is 132 cm³/mol. The van der Waals surface area contributed by atoms with Gasteiger partial charge in [-0.1, -0.05) is 18.2 Å². The number of aromatic nitrogens is 2. The van der Waals surface area contributed by atoms with Crippen LogP contribution < -0.4 is 20.9 Å². The molecular weight excluding hydrogens is 517 g/mol. The Hall–Kier alpha value is -2.47. The standard InChI is InChI=1S/C22H31ClN3O9P/c1-5-32-20(28)22(3,15-31-4)25-36(30,35-17-9-7-6-8-10-17)33-14-18(13-23)34-16(2)26-12-11-19(27)24-21(26)29/h6-12,16,18H,5,13-15H2,1-4H3,(H,25,30)(H,24,27,29). The molecule has 0 aliphatic rings. The summed E-state index contributed by atoms with van der Waals surface area (Å²) >= 11 is 6.03. The highest BCUT2D eigenvalue weighted by atomic mass is 35.5. The van der Waals surface area contributed by atoms with Gasteiger partial charge in [0.25, 0.3) is 5.56 Å². The van der Waals surface area contributed by atoms with Gasteiger partial charge in [0.05, 0.1) is 31.8 Å². The van der Waals surface area contributed by atoms with Gasteiger partial charge in [-0.2, -0.15) is 5.09 Å². The minimum atomic E-state index is -4.25. The van der Waals surface area contributed by atoms with Crippen LogP contribution in [0.1, 0.15) is 27.0 Å². The molecule has 0 aliphatic carbocycles. The maximum Gasteiger partial charge on any atom is 0.459 e. The van der Waals surface area contributed by atoms with Crippen LogP contribution in [0.3, 0.4) is 0 Å². The van der Waals surface area contributed by atoms with Gasteiger partial charge in [0, 0.05) is 19.4 Å². The fourth-order valence-corrected chi connectivity index (χ4v) is 4.93. The summed E-state index contributed by atoms with van der Waals surface area (Å²) < 4.78 is 42.3. The maximum absolute atomic E-state index is 13.8. The van der Waals surface area contributed by atoms with E-state index >= 15 is 0 Å². The van der Waals surface area contributed by atoms with Gasteiger partial charge in [0.15, 0.2) is 0 Å². The number of ether oxygens (including phenoxy) is 3. The summed E-state index contributed by atoms with van der Waals surface area (Å²) in [6, 6.07) is 9.40. The van der Waals surface area contributed by atoms with E-state index in [9.17, 15) is 18.9 Å². The Labute approximate surface area is 213 Å². The van der Waals surface area contributed by atoms with Crippen molar-refractivity contribution in [3.05, 3.63) is 63.4 Å². The largest absolute Gasteiger partial charge is 0.465 e. The Morgan fingerprint density at radius 3 is 2.53 bits per heavy atom. The first-order valence-corrected chi connectivity index (χ1v) is 13.1. The molecule has 1 aromatic heterocycles. The molecule has 1 heterocycles. The minimum Gasteiger partial charge on any atom is -0.465 e. The van der Waals surface area contributed by atoms with Crippen molar-refractivity contribution in [2.45, 2.75) is 38.6 Å². The zero-order valence-corrected chi connectivity index (χ0v) is 22.1. The average Bonchev–Trinajstić information content (AvgIpc) is 2.82. The van der Waals surface area contributed by atoms with Crippen LogP contribution in [0.5, 0.6) is 5.75 Å². The molecule has 0 fully saturated rings. The fraction of sp³-hybridized carbons (Fsp3) is 0.500. The number of alkyl halides is 1. The first-order chi connectivity index (χ1) is 17.1. The Morgan fingerprint density at radius 2 is 1.94 bits per heavy atom. The van der Waals surface area contributed by atoms with Crippen LogP contribution in [-0.4, -0.2) is 60.0 Å². The number of para-hydroxylation sites is 1. The van der Waals surface area contributed by atoms with Crippen LogP contribution in [0.25, 0.3) is 0 Å². The van der Waals surface area contributed by atoms with E-state index in [1.54, 1.807) is 44.2 Å². The van der Waals surface area contributed by atoms with Crippen LogP contribution >= 0.6 is 19.3 Å². The molecular formula is C22H31ClN3O9P. The monoisotopic (exact) mass is 547 g/mol. The second-order valence-electron chi connectivity index (χ2n) is 7.82. The minimum absolute atomic E-state index is 0.0920. The van der Waals surface area contributed by atoms with Crippen molar-refractivity contribution in [3.8, 4) is 5.75 Å². The van der Waals surface area contributed by atoms with Crippen molar-refractivity contribution in [1.82, 2.24) is 14.6 Å². The van der Waals surface area contributed by atoms with Crippen molar-refractivity contribution >= 4 is 25.3 Å². The van der Waals surface area contributed by atoms with Crippen LogP contribution in [0.15, 0.2) is 52.2 Å². The fourth-order valence-electron chi connectivity index (χ4n) is 3.08. The van der Waals surface area contributed by atoms with E-state index in [0.29, 0.717) is 0 Å². The summed E-state index contributed by atoms with van der Waals surface area (Å²) in [5.41, 5.74) is -2.80. The molecule has 1 aromatic carbocycles. The van der Waals surface area contributed by atoms with Gasteiger partial charge < -0.3 is 18.7 Å². The molecule has 0 saturated heterocycles. The van der Waals surface area contributed by atoms with Gasteiger partial charge in [-0.15, -0.1) is 11.6 Å². The number of rotatable bonds is 15. The summed E-state index contributed by atoms with van der Waals surface area (Å²) in [7, 11) is -2.88. The lowest BCUT2D eigenvalue weighted by Gasteiger charge is -2.32. The second-order valence-corrected chi connectivity index (χ2v) is 9.79. The molecule has 0 radical (unpaired) electrons. The summed E-state index contributed by atoms with van der Waals surface area (Å²) in [4.78, 5) is 38.1. The van der Waals surface area contributed by atoms with Crippen LogP contribution in [-0.2, 0) is 28.1 Å². The molecule has 200 valence electrons.